The number of halogens is 5. The second kappa shape index (κ2) is 12.1. The second-order valence-corrected chi connectivity index (χ2v) is 9.82. The van der Waals surface area contributed by atoms with E-state index in [0.717, 1.165) is 12.1 Å². The molecule has 2 aromatic rings. The van der Waals surface area contributed by atoms with Gasteiger partial charge in [-0.25, -0.2) is 8.78 Å². The molecular weight excluding hydrogens is 555 g/mol. The lowest BCUT2D eigenvalue weighted by molar-refractivity contribution is -0.143. The van der Waals surface area contributed by atoms with Gasteiger partial charge in [0.15, 0.2) is 11.6 Å². The molecule has 0 atom stereocenters. The molecule has 0 saturated heterocycles. The molecule has 0 aliphatic heterocycles. The zero-order valence-electron chi connectivity index (χ0n) is 21.9. The zero-order valence-corrected chi connectivity index (χ0v) is 21.9. The van der Waals surface area contributed by atoms with E-state index in [1.165, 1.54) is 13.2 Å². The van der Waals surface area contributed by atoms with Crippen molar-refractivity contribution in [2.24, 2.45) is 5.92 Å². The first-order chi connectivity index (χ1) is 19.4. The molecule has 2 amide bonds. The van der Waals surface area contributed by atoms with E-state index in [1.54, 1.807) is 0 Å². The summed E-state index contributed by atoms with van der Waals surface area (Å²) < 4.78 is 78.4. The van der Waals surface area contributed by atoms with Gasteiger partial charge in [0.2, 0.25) is 0 Å². The fraction of sp³-hybridized carbons (Fsp3) is 0.393. The van der Waals surface area contributed by atoms with Crippen LogP contribution in [-0.4, -0.2) is 36.1 Å². The Morgan fingerprint density at radius 2 is 1.61 bits per heavy atom. The van der Waals surface area contributed by atoms with E-state index < -0.39 is 53.2 Å². The van der Waals surface area contributed by atoms with E-state index in [2.05, 4.69) is 10.6 Å². The average Bonchev–Trinajstić information content (AvgIpc) is 3.38. The van der Waals surface area contributed by atoms with Crippen LogP contribution in [0.4, 0.5) is 27.6 Å². The van der Waals surface area contributed by atoms with Crippen molar-refractivity contribution in [1.29, 1.82) is 0 Å². The summed E-state index contributed by atoms with van der Waals surface area (Å²) in [4.78, 5) is 37.3. The summed E-state index contributed by atoms with van der Waals surface area (Å²) in [6.45, 7) is 0. The third-order valence-corrected chi connectivity index (χ3v) is 7.10. The number of allylic oxidation sites excluding steroid dienone is 1. The summed E-state index contributed by atoms with van der Waals surface area (Å²) >= 11 is 0. The first-order valence-corrected chi connectivity index (χ1v) is 12.9. The molecule has 13 heteroatoms. The van der Waals surface area contributed by atoms with Crippen molar-refractivity contribution < 1.29 is 50.9 Å². The van der Waals surface area contributed by atoms with Crippen LogP contribution in [0, 0.1) is 17.6 Å². The minimum Gasteiger partial charge on any atom is -0.496 e. The molecule has 2 aliphatic carbocycles. The highest BCUT2D eigenvalue weighted by atomic mass is 19.4. The Hall–Kier alpha value is -4.16. The maximum Gasteiger partial charge on any atom is 0.419 e. The van der Waals surface area contributed by atoms with Crippen LogP contribution in [-0.2, 0) is 15.8 Å². The van der Waals surface area contributed by atoms with Crippen LogP contribution >= 0.6 is 0 Å². The minimum atomic E-state index is -4.95. The molecule has 4 rings (SSSR count). The number of methoxy groups -OCH3 is 1. The van der Waals surface area contributed by atoms with Crippen molar-refractivity contribution in [2.75, 3.05) is 12.4 Å². The third-order valence-electron chi connectivity index (χ3n) is 7.10. The molecule has 0 bridgehead atoms. The van der Waals surface area contributed by atoms with Crippen LogP contribution in [0.3, 0.4) is 0 Å². The molecular formula is C28H27F5N2O6. The van der Waals surface area contributed by atoms with Gasteiger partial charge in [-0.3, -0.25) is 14.4 Å². The van der Waals surface area contributed by atoms with Crippen LogP contribution in [0.2, 0.25) is 0 Å². The van der Waals surface area contributed by atoms with E-state index in [0.29, 0.717) is 44.2 Å². The van der Waals surface area contributed by atoms with Gasteiger partial charge in [0, 0.05) is 23.0 Å². The Kier molecular flexibility index (Phi) is 8.83. The summed E-state index contributed by atoms with van der Waals surface area (Å²) in [7, 11) is 1.24. The van der Waals surface area contributed by atoms with Crippen LogP contribution in [0.1, 0.15) is 60.9 Å². The van der Waals surface area contributed by atoms with Crippen LogP contribution in [0.25, 0.3) is 0 Å². The number of hydrogen-bond donors (Lipinski definition) is 3. The van der Waals surface area contributed by atoms with Crippen molar-refractivity contribution >= 4 is 23.5 Å². The first-order valence-electron chi connectivity index (χ1n) is 12.9. The monoisotopic (exact) mass is 582 g/mol. The molecule has 2 aromatic carbocycles. The summed E-state index contributed by atoms with van der Waals surface area (Å²) in [5.41, 5.74) is -1.53. The minimum absolute atomic E-state index is 0.0874. The van der Waals surface area contributed by atoms with Crippen molar-refractivity contribution in [3.05, 3.63) is 64.4 Å². The molecule has 1 fully saturated rings. The molecule has 3 N–H and O–H groups in total. The molecule has 2 aliphatic rings. The number of benzene rings is 2. The second-order valence-electron chi connectivity index (χ2n) is 9.82. The van der Waals surface area contributed by atoms with Crippen LogP contribution in [0.5, 0.6) is 11.5 Å². The highest BCUT2D eigenvalue weighted by molar-refractivity contribution is 6.06. The van der Waals surface area contributed by atoms with E-state index in [4.69, 9.17) is 14.6 Å². The lowest BCUT2D eigenvalue weighted by Crippen LogP contribution is -2.28. The number of hydrogen-bond acceptors (Lipinski definition) is 5. The van der Waals surface area contributed by atoms with Gasteiger partial charge in [0.05, 0.1) is 30.3 Å². The predicted molar refractivity (Wildman–Crippen MR) is 135 cm³/mol. The summed E-state index contributed by atoms with van der Waals surface area (Å²) in [5.74, 6) is -5.45. The zero-order chi connectivity index (χ0) is 29.9. The lowest BCUT2D eigenvalue weighted by Gasteiger charge is -2.27. The van der Waals surface area contributed by atoms with Gasteiger partial charge in [0.25, 0.3) is 11.8 Å². The predicted octanol–water partition coefficient (Wildman–Crippen LogP) is 5.82. The SMILES string of the molecule is COc1cc(F)c(O[C@H]2CC[C@@H](C(=O)O)CC2)cc1C(=O)NC1=C(C(=O)Nc2ccc(F)c(C(F)(F)F)c2)CCC1. The van der Waals surface area contributed by atoms with Gasteiger partial charge in [-0.15, -0.1) is 0 Å². The molecule has 8 nitrogen and oxygen atoms in total. The molecule has 0 heterocycles. The highest BCUT2D eigenvalue weighted by Gasteiger charge is 2.35. The van der Waals surface area contributed by atoms with E-state index in [1.807, 2.05) is 0 Å². The Labute approximate surface area is 231 Å². The number of rotatable bonds is 8. The molecule has 220 valence electrons. The normalized spacial score (nSPS) is 19.1. The number of amides is 2. The van der Waals surface area contributed by atoms with Gasteiger partial charge >= 0.3 is 12.1 Å². The highest BCUT2D eigenvalue weighted by Crippen LogP contribution is 2.35. The molecule has 1 saturated carbocycles. The Balaban J connectivity index is 1.51. The Morgan fingerprint density at radius 3 is 2.24 bits per heavy atom. The molecule has 0 aromatic heterocycles. The van der Waals surface area contributed by atoms with Crippen molar-refractivity contribution in [3.8, 4) is 11.5 Å². The van der Waals surface area contributed by atoms with Crippen molar-refractivity contribution in [1.82, 2.24) is 5.32 Å². The summed E-state index contributed by atoms with van der Waals surface area (Å²) in [5, 5.41) is 14.1. The van der Waals surface area contributed by atoms with Crippen molar-refractivity contribution in [3.63, 3.8) is 0 Å². The van der Waals surface area contributed by atoms with Gasteiger partial charge in [0.1, 0.15) is 11.6 Å². The third kappa shape index (κ3) is 6.95. The maximum atomic E-state index is 14.8. The van der Waals surface area contributed by atoms with E-state index in [9.17, 15) is 36.3 Å². The van der Waals surface area contributed by atoms with E-state index in [-0.39, 0.29) is 46.9 Å². The first kappa shape index (κ1) is 29.8. The smallest absolute Gasteiger partial charge is 0.419 e. The number of ether oxygens (including phenoxy) is 2. The Morgan fingerprint density at radius 1 is 0.902 bits per heavy atom. The Bertz CT molecular complexity index is 1380. The van der Waals surface area contributed by atoms with Gasteiger partial charge in [-0.2, -0.15) is 13.2 Å². The quantitative estimate of drug-likeness (QED) is 0.338. The number of nitrogens with one attached hydrogen (secondary N) is 2. The van der Waals surface area contributed by atoms with Crippen LogP contribution in [0.15, 0.2) is 41.6 Å². The van der Waals surface area contributed by atoms with Crippen molar-refractivity contribution in [2.45, 2.75) is 57.2 Å². The topological polar surface area (TPSA) is 114 Å². The molecule has 0 spiro atoms. The van der Waals surface area contributed by atoms with Gasteiger partial charge in [-0.05, 0) is 69.2 Å². The summed E-state index contributed by atoms with van der Waals surface area (Å²) in [6.07, 6.45) is -2.87. The number of carbonyl (C=O) groups is 3. The van der Waals surface area contributed by atoms with E-state index >= 15 is 0 Å². The largest absolute Gasteiger partial charge is 0.496 e. The fourth-order valence-corrected chi connectivity index (χ4v) is 4.94. The number of alkyl halides is 3. The average molecular weight is 583 g/mol. The number of aliphatic carboxylic acids is 1. The fourth-order valence-electron chi connectivity index (χ4n) is 4.94. The molecule has 0 radical (unpaired) electrons. The number of carboxylic acid groups (broad SMARTS) is 1. The lowest BCUT2D eigenvalue weighted by atomic mass is 9.87. The maximum absolute atomic E-state index is 14.8. The number of carboxylic acids is 1. The standard InChI is InChI=1S/C28H27F5N2O6/c1-40-23-13-21(30)24(41-16-8-5-14(6-9-16)27(38)39)12-18(23)26(37)35-22-4-2-3-17(22)25(36)34-15-7-10-20(29)19(11-15)28(31,32)33/h7,10-14,16H,2-6,8-9H2,1H3,(H,34,36)(H,35,37)(H,38,39)/t14-,16+. The number of anilines is 1. The van der Waals surface area contributed by atoms with Gasteiger partial charge < -0.3 is 25.2 Å². The number of carbonyl (C=O) groups excluding carboxylic acids is 2. The summed E-state index contributed by atoms with van der Waals surface area (Å²) in [6, 6.07) is 4.23. The molecule has 41 heavy (non-hydrogen) atoms. The van der Waals surface area contributed by atoms with Crippen LogP contribution < -0.4 is 20.1 Å². The van der Waals surface area contributed by atoms with Gasteiger partial charge in [-0.1, -0.05) is 0 Å². The molecule has 0 unspecified atom stereocenters.